The number of hydrogen-bond donors (Lipinski definition) is 0. The molecule has 2 heterocycles. The molecule has 0 bridgehead atoms. The lowest BCUT2D eigenvalue weighted by Gasteiger charge is -2.23. The van der Waals surface area contributed by atoms with Crippen LogP contribution in [0.25, 0.3) is 11.3 Å². The molecule has 1 aliphatic heterocycles. The van der Waals surface area contributed by atoms with Gasteiger partial charge in [-0.15, -0.1) is 11.3 Å². The van der Waals surface area contributed by atoms with Crippen molar-refractivity contribution in [3.8, 4) is 22.8 Å². The number of ether oxygens (including phenoxy) is 3. The highest BCUT2D eigenvalue weighted by Crippen LogP contribution is 2.30. The van der Waals surface area contributed by atoms with E-state index in [-0.39, 0.29) is 12.0 Å². The van der Waals surface area contributed by atoms with Crippen molar-refractivity contribution in [1.82, 2.24) is 4.98 Å². The fourth-order valence-corrected chi connectivity index (χ4v) is 4.89. The molecule has 180 valence electrons. The van der Waals surface area contributed by atoms with Crippen LogP contribution in [0.5, 0.6) is 11.5 Å². The summed E-state index contributed by atoms with van der Waals surface area (Å²) >= 11 is 4.96. The number of hydrogen-bond acceptors (Lipinski definition) is 6. The van der Waals surface area contributed by atoms with E-state index in [4.69, 9.17) is 19.2 Å². The van der Waals surface area contributed by atoms with Crippen LogP contribution >= 0.6 is 27.3 Å². The summed E-state index contributed by atoms with van der Waals surface area (Å²) in [5.74, 6) is 1.63. The van der Waals surface area contributed by atoms with Crippen molar-refractivity contribution in [3.63, 3.8) is 0 Å². The fraction of sp³-hybridized carbons (Fsp3) is 0.385. The van der Waals surface area contributed by atoms with Crippen LogP contribution in [0, 0.1) is 0 Å². The summed E-state index contributed by atoms with van der Waals surface area (Å²) in [6.45, 7) is 4.34. The van der Waals surface area contributed by atoms with Gasteiger partial charge in [0.2, 0.25) is 5.91 Å². The topological polar surface area (TPSA) is 60.9 Å². The van der Waals surface area contributed by atoms with Gasteiger partial charge in [0.1, 0.15) is 11.5 Å². The molecule has 0 radical (unpaired) electrons. The summed E-state index contributed by atoms with van der Waals surface area (Å²) in [5.41, 5.74) is 1.90. The largest absolute Gasteiger partial charge is 0.494 e. The SMILES string of the molecule is CCOc1ccc(OCCCC(=O)N(C[C@@H]2CCCO2)c2nc(-c3ccc(Br)cc3)cs2)cc1. The predicted octanol–water partition coefficient (Wildman–Crippen LogP) is 6.34. The number of benzene rings is 2. The molecule has 1 aromatic heterocycles. The monoisotopic (exact) mass is 544 g/mol. The average Bonchev–Trinajstić information content (AvgIpc) is 3.54. The van der Waals surface area contributed by atoms with E-state index in [1.54, 1.807) is 4.90 Å². The summed E-state index contributed by atoms with van der Waals surface area (Å²) in [6, 6.07) is 15.6. The maximum absolute atomic E-state index is 13.2. The van der Waals surface area contributed by atoms with E-state index in [0.717, 1.165) is 46.7 Å². The minimum atomic E-state index is 0.0440. The molecule has 1 atom stereocenters. The van der Waals surface area contributed by atoms with Crippen molar-refractivity contribution in [2.24, 2.45) is 0 Å². The molecule has 4 rings (SSSR count). The molecule has 1 fully saturated rings. The number of carbonyl (C=O) groups is 1. The van der Waals surface area contributed by atoms with E-state index in [2.05, 4.69) is 15.9 Å². The van der Waals surface area contributed by atoms with Gasteiger partial charge in [-0.05, 0) is 62.6 Å². The van der Waals surface area contributed by atoms with Crippen molar-refractivity contribution in [1.29, 1.82) is 0 Å². The van der Waals surface area contributed by atoms with Crippen LogP contribution in [0.1, 0.15) is 32.6 Å². The summed E-state index contributed by atoms with van der Waals surface area (Å²) in [6.07, 6.45) is 3.07. The zero-order chi connectivity index (χ0) is 23.8. The van der Waals surface area contributed by atoms with Crippen LogP contribution in [0.2, 0.25) is 0 Å². The first-order chi connectivity index (χ1) is 16.6. The second kappa shape index (κ2) is 12.3. The van der Waals surface area contributed by atoms with E-state index >= 15 is 0 Å². The Bertz CT molecular complexity index is 1050. The second-order valence-electron chi connectivity index (χ2n) is 8.02. The quantitative estimate of drug-likeness (QED) is 0.263. The van der Waals surface area contributed by atoms with Gasteiger partial charge in [0.25, 0.3) is 0 Å². The van der Waals surface area contributed by atoms with Gasteiger partial charge in [-0.1, -0.05) is 28.1 Å². The number of aromatic nitrogens is 1. The Morgan fingerprint density at radius 3 is 2.56 bits per heavy atom. The van der Waals surface area contributed by atoms with Crippen LogP contribution in [0.3, 0.4) is 0 Å². The molecule has 0 unspecified atom stereocenters. The standard InChI is InChI=1S/C26H29BrN2O4S/c1-2-31-21-11-13-22(14-12-21)32-16-4-6-25(30)29(17-23-5-3-15-33-23)26-28-24(18-34-26)19-7-9-20(27)10-8-19/h7-14,18,23H,2-6,15-17H2,1H3/t23-/m0/s1. The third-order valence-electron chi connectivity index (χ3n) is 5.51. The zero-order valence-corrected chi connectivity index (χ0v) is 21.6. The molecule has 1 saturated heterocycles. The van der Waals surface area contributed by atoms with Gasteiger partial charge >= 0.3 is 0 Å². The first kappa shape index (κ1) is 24.7. The van der Waals surface area contributed by atoms with E-state index < -0.39 is 0 Å². The van der Waals surface area contributed by atoms with Gasteiger partial charge in [-0.25, -0.2) is 4.98 Å². The summed E-state index contributed by atoms with van der Waals surface area (Å²) in [7, 11) is 0. The summed E-state index contributed by atoms with van der Waals surface area (Å²) in [5, 5.41) is 2.72. The number of nitrogens with zero attached hydrogens (tertiary/aromatic N) is 2. The van der Waals surface area contributed by atoms with Gasteiger partial charge in [-0.2, -0.15) is 0 Å². The molecule has 34 heavy (non-hydrogen) atoms. The number of amides is 1. The van der Waals surface area contributed by atoms with Crippen LogP contribution in [-0.2, 0) is 9.53 Å². The number of anilines is 1. The number of halogens is 1. The molecule has 1 aliphatic rings. The lowest BCUT2D eigenvalue weighted by atomic mass is 10.2. The molecule has 3 aromatic rings. The smallest absolute Gasteiger partial charge is 0.228 e. The Morgan fingerprint density at radius 2 is 1.88 bits per heavy atom. The maximum atomic E-state index is 13.2. The Labute approximate surface area is 213 Å². The molecule has 0 saturated carbocycles. The molecule has 1 amide bonds. The molecule has 8 heteroatoms. The lowest BCUT2D eigenvalue weighted by molar-refractivity contribution is -0.119. The summed E-state index contributed by atoms with van der Waals surface area (Å²) in [4.78, 5) is 19.8. The van der Waals surface area contributed by atoms with Crippen LogP contribution in [0.15, 0.2) is 58.4 Å². The Kier molecular flexibility index (Phi) is 8.96. The average molecular weight is 545 g/mol. The summed E-state index contributed by atoms with van der Waals surface area (Å²) < 4.78 is 18.1. The van der Waals surface area contributed by atoms with E-state index in [1.807, 2.05) is 60.8 Å². The van der Waals surface area contributed by atoms with E-state index in [9.17, 15) is 4.79 Å². The zero-order valence-electron chi connectivity index (χ0n) is 19.2. The van der Waals surface area contributed by atoms with Crippen LogP contribution < -0.4 is 14.4 Å². The van der Waals surface area contributed by atoms with Crippen LogP contribution in [-0.4, -0.2) is 43.4 Å². The highest BCUT2D eigenvalue weighted by Gasteiger charge is 2.25. The highest BCUT2D eigenvalue weighted by molar-refractivity contribution is 9.10. The van der Waals surface area contributed by atoms with Crippen molar-refractivity contribution in [2.75, 3.05) is 31.3 Å². The lowest BCUT2D eigenvalue weighted by Crippen LogP contribution is -2.37. The number of thiazole rings is 1. The second-order valence-corrected chi connectivity index (χ2v) is 9.77. The molecule has 0 N–H and O–H groups in total. The molecule has 2 aromatic carbocycles. The predicted molar refractivity (Wildman–Crippen MR) is 139 cm³/mol. The van der Waals surface area contributed by atoms with Gasteiger partial charge in [0.05, 0.1) is 31.6 Å². The fourth-order valence-electron chi connectivity index (χ4n) is 3.77. The Hall–Kier alpha value is -2.42. The first-order valence-electron chi connectivity index (χ1n) is 11.6. The van der Waals surface area contributed by atoms with Crippen molar-refractivity contribution < 1.29 is 19.0 Å². The van der Waals surface area contributed by atoms with Gasteiger partial charge in [0, 0.05) is 28.4 Å². The molecular weight excluding hydrogens is 516 g/mol. The molecule has 0 spiro atoms. The van der Waals surface area contributed by atoms with Crippen molar-refractivity contribution in [3.05, 3.63) is 58.4 Å². The Morgan fingerprint density at radius 1 is 1.15 bits per heavy atom. The molecule has 6 nitrogen and oxygen atoms in total. The number of rotatable bonds is 11. The van der Waals surface area contributed by atoms with Gasteiger partial charge in [-0.3, -0.25) is 9.69 Å². The maximum Gasteiger partial charge on any atom is 0.228 e. The number of carbonyl (C=O) groups excluding carboxylic acids is 1. The minimum absolute atomic E-state index is 0.0440. The minimum Gasteiger partial charge on any atom is -0.494 e. The van der Waals surface area contributed by atoms with Gasteiger partial charge in [0.15, 0.2) is 5.13 Å². The van der Waals surface area contributed by atoms with Gasteiger partial charge < -0.3 is 14.2 Å². The third-order valence-corrected chi connectivity index (χ3v) is 6.90. The third kappa shape index (κ3) is 6.81. The highest BCUT2D eigenvalue weighted by atomic mass is 79.9. The van der Waals surface area contributed by atoms with E-state index in [0.29, 0.717) is 37.7 Å². The molecule has 0 aliphatic carbocycles. The van der Waals surface area contributed by atoms with Crippen molar-refractivity contribution in [2.45, 2.75) is 38.7 Å². The Balaban J connectivity index is 1.36. The first-order valence-corrected chi connectivity index (χ1v) is 13.3. The van der Waals surface area contributed by atoms with Crippen molar-refractivity contribution >= 4 is 38.3 Å². The molecular formula is C26H29BrN2O4S. The normalized spacial score (nSPS) is 15.3. The van der Waals surface area contributed by atoms with E-state index in [1.165, 1.54) is 11.3 Å². The van der Waals surface area contributed by atoms with Crippen LogP contribution in [0.4, 0.5) is 5.13 Å².